The summed E-state index contributed by atoms with van der Waals surface area (Å²) in [5, 5.41) is 2.55. The third-order valence-electron chi connectivity index (χ3n) is 4.43. The predicted molar refractivity (Wildman–Crippen MR) is 95.0 cm³/mol. The van der Waals surface area contributed by atoms with Gasteiger partial charge in [0, 0.05) is 6.54 Å². The highest BCUT2D eigenvalue weighted by molar-refractivity contribution is 5.86. The largest absolute Gasteiger partial charge is 0.326 e. The topological polar surface area (TPSA) is 37.8 Å². The number of aromatic nitrogens is 2. The van der Waals surface area contributed by atoms with Crippen molar-refractivity contribution in [1.82, 2.24) is 9.55 Å². The lowest BCUT2D eigenvalue weighted by molar-refractivity contribution is 0.753. The Hall–Kier alpha value is -2.81. The van der Waals surface area contributed by atoms with Crippen LogP contribution in [-0.2, 0) is 13.0 Å². The second kappa shape index (κ2) is 5.43. The van der Waals surface area contributed by atoms with Gasteiger partial charge >= 0.3 is 5.69 Å². The van der Waals surface area contributed by atoms with Crippen LogP contribution in [0.1, 0.15) is 18.1 Å². The molecule has 1 aromatic heterocycles. The molecule has 4 rings (SSSR count). The maximum atomic E-state index is 11.9. The number of benzene rings is 3. The Morgan fingerprint density at radius 2 is 1.83 bits per heavy atom. The molecule has 1 heterocycles. The highest BCUT2D eigenvalue weighted by atomic mass is 16.1. The van der Waals surface area contributed by atoms with Gasteiger partial charge in [-0.25, -0.2) is 4.79 Å². The lowest BCUT2D eigenvalue weighted by Crippen LogP contribution is -2.14. The summed E-state index contributed by atoms with van der Waals surface area (Å²) in [6.45, 7) is 2.67. The van der Waals surface area contributed by atoms with Crippen LogP contribution in [0.4, 0.5) is 0 Å². The van der Waals surface area contributed by atoms with E-state index in [1.54, 1.807) is 4.57 Å². The zero-order valence-corrected chi connectivity index (χ0v) is 13.0. The zero-order chi connectivity index (χ0) is 15.8. The summed E-state index contributed by atoms with van der Waals surface area (Å²) in [6.07, 6.45) is 0.858. The molecule has 3 aromatic carbocycles. The van der Waals surface area contributed by atoms with Gasteiger partial charge in [0.2, 0.25) is 0 Å². The van der Waals surface area contributed by atoms with E-state index in [2.05, 4.69) is 59.6 Å². The minimum absolute atomic E-state index is 0.0372. The summed E-state index contributed by atoms with van der Waals surface area (Å²) in [7, 11) is 0. The number of H-pyrrole nitrogens is 1. The summed E-state index contributed by atoms with van der Waals surface area (Å²) in [6, 6.07) is 21.1. The monoisotopic (exact) mass is 302 g/mol. The lowest BCUT2D eigenvalue weighted by Gasteiger charge is -2.07. The van der Waals surface area contributed by atoms with Gasteiger partial charge in [-0.2, -0.15) is 0 Å². The quantitative estimate of drug-likeness (QED) is 0.608. The van der Waals surface area contributed by atoms with Gasteiger partial charge in [-0.15, -0.1) is 0 Å². The normalized spacial score (nSPS) is 11.3. The summed E-state index contributed by atoms with van der Waals surface area (Å²) >= 11 is 0. The van der Waals surface area contributed by atoms with Crippen molar-refractivity contribution >= 4 is 21.8 Å². The van der Waals surface area contributed by atoms with Crippen molar-refractivity contribution in [1.29, 1.82) is 0 Å². The molecule has 0 aliphatic rings. The van der Waals surface area contributed by atoms with Gasteiger partial charge in [0.15, 0.2) is 0 Å². The van der Waals surface area contributed by atoms with Crippen LogP contribution in [0.5, 0.6) is 0 Å². The average molecular weight is 302 g/mol. The molecular weight excluding hydrogens is 284 g/mol. The third-order valence-corrected chi connectivity index (χ3v) is 4.43. The SMILES string of the molecule is CCn1c(=O)[nH]c2cc(Cc3cccc4ccccc34)ccc21. The molecule has 0 spiro atoms. The molecule has 0 saturated heterocycles. The van der Waals surface area contributed by atoms with E-state index in [1.165, 1.54) is 21.9 Å². The van der Waals surface area contributed by atoms with Crippen LogP contribution >= 0.6 is 0 Å². The van der Waals surface area contributed by atoms with Gasteiger partial charge in [-0.05, 0) is 47.4 Å². The first-order valence-electron chi connectivity index (χ1n) is 7.94. The van der Waals surface area contributed by atoms with Gasteiger partial charge in [-0.3, -0.25) is 4.57 Å². The molecule has 0 amide bonds. The molecule has 0 aliphatic carbocycles. The third kappa shape index (κ3) is 2.34. The molecule has 1 N–H and O–H groups in total. The van der Waals surface area contributed by atoms with Crippen LogP contribution in [0.15, 0.2) is 65.5 Å². The van der Waals surface area contributed by atoms with Gasteiger partial charge < -0.3 is 4.98 Å². The first-order valence-corrected chi connectivity index (χ1v) is 7.94. The first-order chi connectivity index (χ1) is 11.3. The van der Waals surface area contributed by atoms with Crippen LogP contribution in [0, 0.1) is 0 Å². The van der Waals surface area contributed by atoms with Gasteiger partial charge in [0.25, 0.3) is 0 Å². The molecule has 0 saturated carbocycles. The highest BCUT2D eigenvalue weighted by Gasteiger charge is 2.07. The number of nitrogens with one attached hydrogen (secondary N) is 1. The van der Waals surface area contributed by atoms with Crippen LogP contribution in [0.3, 0.4) is 0 Å². The molecule has 0 atom stereocenters. The summed E-state index contributed by atoms with van der Waals surface area (Å²) in [5.74, 6) is 0. The maximum Gasteiger partial charge on any atom is 0.326 e. The van der Waals surface area contributed by atoms with E-state index in [0.29, 0.717) is 6.54 Å². The number of hydrogen-bond donors (Lipinski definition) is 1. The minimum atomic E-state index is -0.0372. The van der Waals surface area contributed by atoms with E-state index < -0.39 is 0 Å². The minimum Gasteiger partial charge on any atom is -0.306 e. The van der Waals surface area contributed by atoms with E-state index in [-0.39, 0.29) is 5.69 Å². The van der Waals surface area contributed by atoms with Crippen molar-refractivity contribution in [3.05, 3.63) is 82.3 Å². The molecule has 4 aromatic rings. The van der Waals surface area contributed by atoms with Crippen molar-refractivity contribution in [2.75, 3.05) is 0 Å². The molecular formula is C20H18N2O. The van der Waals surface area contributed by atoms with Crippen molar-refractivity contribution in [3.8, 4) is 0 Å². The van der Waals surface area contributed by atoms with Crippen molar-refractivity contribution in [2.45, 2.75) is 19.9 Å². The average Bonchev–Trinajstić information content (AvgIpc) is 2.89. The number of hydrogen-bond acceptors (Lipinski definition) is 1. The lowest BCUT2D eigenvalue weighted by atomic mass is 9.98. The molecule has 0 unspecified atom stereocenters. The first kappa shape index (κ1) is 13.8. The Balaban J connectivity index is 1.79. The molecule has 0 fully saturated rings. The molecule has 114 valence electrons. The van der Waals surface area contributed by atoms with Crippen molar-refractivity contribution in [3.63, 3.8) is 0 Å². The Bertz CT molecular complexity index is 1050. The Kier molecular flexibility index (Phi) is 3.27. The van der Waals surface area contributed by atoms with Crippen LogP contribution < -0.4 is 5.69 Å². The number of rotatable bonds is 3. The van der Waals surface area contributed by atoms with Gasteiger partial charge in [0.05, 0.1) is 11.0 Å². The molecule has 3 nitrogen and oxygen atoms in total. The van der Waals surface area contributed by atoms with Crippen LogP contribution in [0.25, 0.3) is 21.8 Å². The number of imidazole rings is 1. The maximum absolute atomic E-state index is 11.9. The fourth-order valence-corrected chi connectivity index (χ4v) is 3.30. The second-order valence-electron chi connectivity index (χ2n) is 5.84. The van der Waals surface area contributed by atoms with E-state index >= 15 is 0 Å². The van der Waals surface area contributed by atoms with Gasteiger partial charge in [0.1, 0.15) is 0 Å². The Labute approximate surface area is 134 Å². The Morgan fingerprint density at radius 1 is 1.00 bits per heavy atom. The summed E-state index contributed by atoms with van der Waals surface area (Å²) in [5.41, 5.74) is 4.36. The number of fused-ring (bicyclic) bond motifs is 2. The molecule has 0 aliphatic heterocycles. The standard InChI is InChI=1S/C20H18N2O/c1-2-22-19-11-10-14(13-18(19)21-20(22)23)12-16-8-5-7-15-6-3-4-9-17(15)16/h3-11,13H,2,12H2,1H3,(H,21,23). The van der Waals surface area contributed by atoms with E-state index in [9.17, 15) is 4.79 Å². The number of aromatic amines is 1. The molecule has 0 bridgehead atoms. The fraction of sp³-hybridized carbons (Fsp3) is 0.150. The van der Waals surface area contributed by atoms with E-state index in [1.807, 2.05) is 13.0 Å². The Morgan fingerprint density at radius 3 is 2.70 bits per heavy atom. The van der Waals surface area contributed by atoms with Gasteiger partial charge in [-0.1, -0.05) is 48.5 Å². The van der Waals surface area contributed by atoms with Crippen LogP contribution in [0.2, 0.25) is 0 Å². The fourth-order valence-electron chi connectivity index (χ4n) is 3.30. The summed E-state index contributed by atoms with van der Waals surface area (Å²) in [4.78, 5) is 14.9. The molecule has 0 radical (unpaired) electrons. The van der Waals surface area contributed by atoms with E-state index in [0.717, 1.165) is 17.5 Å². The number of aryl methyl sites for hydroxylation is 1. The number of nitrogens with zero attached hydrogens (tertiary/aromatic N) is 1. The second-order valence-corrected chi connectivity index (χ2v) is 5.84. The van der Waals surface area contributed by atoms with E-state index in [4.69, 9.17) is 0 Å². The summed E-state index contributed by atoms with van der Waals surface area (Å²) < 4.78 is 1.76. The van der Waals surface area contributed by atoms with Crippen molar-refractivity contribution < 1.29 is 0 Å². The molecule has 3 heteroatoms. The zero-order valence-electron chi connectivity index (χ0n) is 13.0. The predicted octanol–water partition coefficient (Wildman–Crippen LogP) is 4.09. The van der Waals surface area contributed by atoms with Crippen LogP contribution in [-0.4, -0.2) is 9.55 Å². The smallest absolute Gasteiger partial charge is 0.306 e. The van der Waals surface area contributed by atoms with Crippen molar-refractivity contribution in [2.24, 2.45) is 0 Å². The molecule has 23 heavy (non-hydrogen) atoms. The highest BCUT2D eigenvalue weighted by Crippen LogP contribution is 2.22.